The van der Waals surface area contributed by atoms with Crippen LogP contribution in [-0.4, -0.2) is 61.6 Å². The van der Waals surface area contributed by atoms with Gasteiger partial charge < -0.3 is 26.2 Å². The molecule has 188 valence electrons. The van der Waals surface area contributed by atoms with Crippen molar-refractivity contribution in [3.05, 3.63) is 59.7 Å². The molecule has 0 aromatic heterocycles. The molecule has 10 heteroatoms. The molecule has 1 fully saturated rings. The van der Waals surface area contributed by atoms with E-state index in [9.17, 15) is 24.6 Å². The third kappa shape index (κ3) is 5.95. The molecule has 1 aliphatic heterocycles. The summed E-state index contributed by atoms with van der Waals surface area (Å²) in [7, 11) is 0. The van der Waals surface area contributed by atoms with Crippen LogP contribution in [0.1, 0.15) is 36.7 Å². The minimum atomic E-state index is -2.64. The average molecular weight is 501 g/mol. The maximum absolute atomic E-state index is 13.6. The Labute approximate surface area is 208 Å². The second kappa shape index (κ2) is 10.3. The molecule has 3 rings (SSSR count). The van der Waals surface area contributed by atoms with Crippen LogP contribution in [-0.2, 0) is 16.0 Å². The Morgan fingerprint density at radius 3 is 2.43 bits per heavy atom. The first-order chi connectivity index (χ1) is 16.3. The fourth-order valence-corrected chi connectivity index (χ4v) is 5.10. The first kappa shape index (κ1) is 26.5. The van der Waals surface area contributed by atoms with Gasteiger partial charge in [0, 0.05) is 16.9 Å². The van der Waals surface area contributed by atoms with Crippen LogP contribution in [0, 0.1) is 5.92 Å². The summed E-state index contributed by atoms with van der Waals surface area (Å²) in [5, 5.41) is 24.3. The Balaban J connectivity index is 1.97. The minimum Gasteiger partial charge on any atom is -0.506 e. The van der Waals surface area contributed by atoms with Crippen molar-refractivity contribution in [1.29, 1.82) is 0 Å². The Bertz CT molecular complexity index is 1100. The Kier molecular flexibility index (Phi) is 7.78. The number of rotatable bonds is 7. The lowest BCUT2D eigenvalue weighted by Crippen LogP contribution is -2.64. The van der Waals surface area contributed by atoms with E-state index in [4.69, 9.17) is 11.5 Å². The molecule has 9 nitrogen and oxygen atoms in total. The third-order valence-electron chi connectivity index (χ3n) is 5.77. The van der Waals surface area contributed by atoms with Gasteiger partial charge >= 0.3 is 0 Å². The summed E-state index contributed by atoms with van der Waals surface area (Å²) in [6.07, 6.45) is -0.0622. The number of para-hydroxylation sites is 1. The number of carbonyl (C=O) groups excluding carboxylic acids is 3. The Morgan fingerprint density at radius 1 is 1.14 bits per heavy atom. The largest absolute Gasteiger partial charge is 0.506 e. The molecular formula is C25H32N4O5S. The van der Waals surface area contributed by atoms with Gasteiger partial charge in [0.2, 0.25) is 11.6 Å². The van der Waals surface area contributed by atoms with Crippen LogP contribution in [0.4, 0.5) is 5.69 Å². The number of amides is 2. The zero-order valence-electron chi connectivity index (χ0n) is 20.0. The molecule has 0 bridgehead atoms. The number of thioether (sulfide) groups is 1. The standard InChI is InChI=1S/C25H32N4O5S/c1-24(2,3)28-22(32)18-13-35-14-29(18)23(33)25(27,34)17(12-15-8-5-4-6-9-15)21(31)16-10-7-11-19(30)20(16)26/h4-11,17-18,30,34H,12-14,26-27H2,1-3H3,(H,28,32)/t17-,18+,25+/m1/s1. The minimum absolute atomic E-state index is 0.0552. The fraction of sp³-hybridized carbons (Fsp3) is 0.400. The predicted octanol–water partition coefficient (Wildman–Crippen LogP) is 1.48. The lowest BCUT2D eigenvalue weighted by molar-refractivity contribution is -0.158. The molecule has 2 aromatic carbocycles. The van der Waals surface area contributed by atoms with Crippen LogP contribution in [0.2, 0.25) is 0 Å². The van der Waals surface area contributed by atoms with Crippen molar-refractivity contribution in [1.82, 2.24) is 10.2 Å². The van der Waals surface area contributed by atoms with Crippen LogP contribution in [0.5, 0.6) is 5.75 Å². The number of nitrogens with one attached hydrogen (secondary N) is 1. The Hall–Kier alpha value is -3.08. The first-order valence-electron chi connectivity index (χ1n) is 11.2. The molecule has 1 aliphatic rings. The van der Waals surface area contributed by atoms with Crippen molar-refractivity contribution in [2.45, 2.75) is 44.5 Å². The lowest BCUT2D eigenvalue weighted by atomic mass is 9.82. The number of hydrogen-bond acceptors (Lipinski definition) is 8. The summed E-state index contributed by atoms with van der Waals surface area (Å²) < 4.78 is 0. The molecule has 0 aliphatic carbocycles. The van der Waals surface area contributed by atoms with E-state index in [1.165, 1.54) is 34.9 Å². The van der Waals surface area contributed by atoms with Crippen molar-refractivity contribution < 1.29 is 24.6 Å². The highest BCUT2D eigenvalue weighted by atomic mass is 32.2. The van der Waals surface area contributed by atoms with E-state index in [0.717, 1.165) is 0 Å². The average Bonchev–Trinajstić information content (AvgIpc) is 3.28. The summed E-state index contributed by atoms with van der Waals surface area (Å²) in [4.78, 5) is 41.3. The molecule has 0 spiro atoms. The van der Waals surface area contributed by atoms with E-state index >= 15 is 0 Å². The molecular weight excluding hydrogens is 468 g/mol. The van der Waals surface area contributed by atoms with Gasteiger partial charge in [-0.05, 0) is 44.9 Å². The van der Waals surface area contributed by atoms with Crippen LogP contribution in [0.3, 0.4) is 0 Å². The number of carbonyl (C=O) groups is 3. The van der Waals surface area contributed by atoms with Crippen LogP contribution in [0.25, 0.3) is 0 Å². The summed E-state index contributed by atoms with van der Waals surface area (Å²) in [6.45, 7) is 5.48. The van der Waals surface area contributed by atoms with Crippen molar-refractivity contribution >= 4 is 35.0 Å². The van der Waals surface area contributed by atoms with Crippen molar-refractivity contribution in [2.24, 2.45) is 11.7 Å². The summed E-state index contributed by atoms with van der Waals surface area (Å²) in [5.74, 6) is -3.24. The molecule has 0 saturated carbocycles. The van der Waals surface area contributed by atoms with Gasteiger partial charge in [-0.15, -0.1) is 11.8 Å². The normalized spacial score (nSPS) is 18.5. The highest BCUT2D eigenvalue weighted by Crippen LogP contribution is 2.32. The van der Waals surface area contributed by atoms with Crippen molar-refractivity contribution in [3.8, 4) is 5.75 Å². The molecule has 35 heavy (non-hydrogen) atoms. The van der Waals surface area contributed by atoms with Gasteiger partial charge in [-0.25, -0.2) is 0 Å². The van der Waals surface area contributed by atoms with E-state index in [1.807, 2.05) is 20.8 Å². The maximum atomic E-state index is 13.6. The molecule has 2 aromatic rings. The number of benzene rings is 2. The summed E-state index contributed by atoms with van der Waals surface area (Å²) >= 11 is 1.35. The molecule has 0 radical (unpaired) electrons. The van der Waals surface area contributed by atoms with E-state index in [1.54, 1.807) is 30.3 Å². The molecule has 0 unspecified atom stereocenters. The second-order valence-corrected chi connectivity index (χ2v) is 10.7. The number of phenolic OH excluding ortho intramolecular Hbond substituents is 1. The summed E-state index contributed by atoms with van der Waals surface area (Å²) in [6, 6.07) is 12.2. The number of ketones is 1. The van der Waals surface area contributed by atoms with E-state index < -0.39 is 34.9 Å². The molecule has 1 heterocycles. The van der Waals surface area contributed by atoms with Gasteiger partial charge in [0.05, 0.1) is 17.5 Å². The number of aliphatic hydroxyl groups is 1. The lowest BCUT2D eigenvalue weighted by Gasteiger charge is -2.36. The zero-order chi connectivity index (χ0) is 26.0. The van der Waals surface area contributed by atoms with Crippen LogP contribution in [0.15, 0.2) is 48.5 Å². The van der Waals surface area contributed by atoms with Gasteiger partial charge in [0.25, 0.3) is 5.91 Å². The second-order valence-electron chi connectivity index (χ2n) is 9.70. The number of aromatic hydroxyl groups is 1. The number of Topliss-reactive ketones (excluding diaryl/α,β-unsaturated/α-hetero) is 1. The van der Waals surface area contributed by atoms with Gasteiger partial charge in [0.1, 0.15) is 11.8 Å². The molecule has 7 N–H and O–H groups in total. The highest BCUT2D eigenvalue weighted by molar-refractivity contribution is 7.99. The van der Waals surface area contributed by atoms with Crippen molar-refractivity contribution in [3.63, 3.8) is 0 Å². The number of nitrogens with zero attached hydrogens (tertiary/aromatic N) is 1. The predicted molar refractivity (Wildman–Crippen MR) is 135 cm³/mol. The van der Waals surface area contributed by atoms with Crippen LogP contribution >= 0.6 is 11.8 Å². The van der Waals surface area contributed by atoms with Gasteiger partial charge in [-0.2, -0.15) is 0 Å². The van der Waals surface area contributed by atoms with Gasteiger partial charge in [-0.3, -0.25) is 20.1 Å². The maximum Gasteiger partial charge on any atom is 0.271 e. The van der Waals surface area contributed by atoms with E-state index in [-0.39, 0.29) is 35.2 Å². The number of hydrogen-bond donors (Lipinski definition) is 5. The van der Waals surface area contributed by atoms with E-state index in [0.29, 0.717) is 11.3 Å². The highest BCUT2D eigenvalue weighted by Gasteiger charge is 2.50. The molecule has 2 amide bonds. The summed E-state index contributed by atoms with van der Waals surface area (Å²) in [5.41, 5.74) is 9.46. The number of nitrogen functional groups attached to an aromatic ring is 1. The third-order valence-corrected chi connectivity index (χ3v) is 6.78. The molecule has 1 saturated heterocycles. The van der Waals surface area contributed by atoms with Gasteiger partial charge in [-0.1, -0.05) is 36.4 Å². The number of anilines is 1. The fourth-order valence-electron chi connectivity index (χ4n) is 3.95. The van der Waals surface area contributed by atoms with E-state index in [2.05, 4.69) is 5.32 Å². The molecule has 3 atom stereocenters. The number of phenols is 1. The SMILES string of the molecule is CC(C)(C)NC(=O)[C@@H]1CSCN1C(=O)[C@@](N)(O)[C@H](Cc1ccccc1)C(=O)c1cccc(O)c1N. The first-order valence-corrected chi connectivity index (χ1v) is 12.4. The number of nitrogens with two attached hydrogens (primary N) is 2. The monoisotopic (exact) mass is 500 g/mol. The topological polar surface area (TPSA) is 159 Å². The van der Waals surface area contributed by atoms with Gasteiger partial charge in [0.15, 0.2) is 5.78 Å². The quantitative estimate of drug-likeness (QED) is 0.165. The smallest absolute Gasteiger partial charge is 0.271 e. The van der Waals surface area contributed by atoms with Crippen LogP contribution < -0.4 is 16.8 Å². The Morgan fingerprint density at radius 2 is 1.80 bits per heavy atom. The van der Waals surface area contributed by atoms with Crippen molar-refractivity contribution in [2.75, 3.05) is 17.4 Å². The zero-order valence-corrected chi connectivity index (χ0v) is 20.8.